The normalized spacial score (nSPS) is 11.4. The van der Waals surface area contributed by atoms with Gasteiger partial charge in [-0.1, -0.05) is 91.0 Å². The van der Waals surface area contributed by atoms with Crippen LogP contribution in [0.15, 0.2) is 140 Å². The van der Waals surface area contributed by atoms with E-state index < -0.39 is 0 Å². The lowest BCUT2D eigenvalue weighted by Gasteiger charge is -2.27. The predicted molar refractivity (Wildman–Crippen MR) is 158 cm³/mol. The number of fused-ring (bicyclic) bond motifs is 4. The van der Waals surface area contributed by atoms with E-state index in [1.54, 1.807) is 0 Å². The van der Waals surface area contributed by atoms with Crippen LogP contribution in [0.5, 0.6) is 0 Å². The van der Waals surface area contributed by atoms with Gasteiger partial charge < -0.3 is 9.47 Å². The van der Waals surface area contributed by atoms with Gasteiger partial charge >= 0.3 is 0 Å². The van der Waals surface area contributed by atoms with Crippen molar-refractivity contribution in [2.24, 2.45) is 7.05 Å². The molecule has 0 spiro atoms. The molecule has 2 heteroatoms. The highest BCUT2D eigenvalue weighted by atomic mass is 15.1. The fraction of sp³-hybridized carbons (Fsp3) is 0.0286. The Morgan fingerprint density at radius 1 is 0.486 bits per heavy atom. The lowest BCUT2D eigenvalue weighted by Crippen LogP contribution is -2.10. The van der Waals surface area contributed by atoms with E-state index in [9.17, 15) is 0 Å². The van der Waals surface area contributed by atoms with E-state index in [1.165, 1.54) is 49.4 Å². The molecule has 0 bridgehead atoms. The van der Waals surface area contributed by atoms with Crippen molar-refractivity contribution in [1.29, 1.82) is 0 Å². The van der Waals surface area contributed by atoms with E-state index >= 15 is 0 Å². The van der Waals surface area contributed by atoms with E-state index in [1.807, 2.05) is 0 Å². The maximum atomic E-state index is 2.39. The molecule has 37 heavy (non-hydrogen) atoms. The number of hydrogen-bond donors (Lipinski definition) is 0. The summed E-state index contributed by atoms with van der Waals surface area (Å²) in [6.45, 7) is 0. The summed E-state index contributed by atoms with van der Waals surface area (Å²) in [7, 11) is 2.17. The van der Waals surface area contributed by atoms with Gasteiger partial charge in [0.25, 0.3) is 0 Å². The molecule has 0 radical (unpaired) electrons. The topological polar surface area (TPSA) is 8.17 Å². The van der Waals surface area contributed by atoms with Crippen molar-refractivity contribution in [3.8, 4) is 11.1 Å². The van der Waals surface area contributed by atoms with Crippen molar-refractivity contribution in [2.75, 3.05) is 4.90 Å². The first-order chi connectivity index (χ1) is 18.3. The third-order valence-electron chi connectivity index (χ3n) is 7.34. The molecule has 6 aromatic carbocycles. The second-order valence-corrected chi connectivity index (χ2v) is 9.53. The summed E-state index contributed by atoms with van der Waals surface area (Å²) < 4.78 is 2.32. The van der Waals surface area contributed by atoms with Crippen molar-refractivity contribution >= 4 is 49.6 Å². The van der Waals surface area contributed by atoms with Crippen LogP contribution in [0.4, 0.5) is 17.1 Å². The first-order valence-electron chi connectivity index (χ1n) is 12.7. The van der Waals surface area contributed by atoms with Crippen LogP contribution >= 0.6 is 0 Å². The van der Waals surface area contributed by atoms with Crippen LogP contribution < -0.4 is 4.90 Å². The zero-order valence-corrected chi connectivity index (χ0v) is 20.7. The standard InChI is InChI=1S/C35H26N2/c1-36-32-20-11-21-33(35(32)31-23-27-14-8-9-15-28(27)24-34(31)36)37(29-17-6-3-7-18-29)30-19-10-16-26(22-30)25-12-4-2-5-13-25/h2-24H,1H3. The first-order valence-corrected chi connectivity index (χ1v) is 12.7. The molecule has 176 valence electrons. The summed E-state index contributed by atoms with van der Waals surface area (Å²) in [5.74, 6) is 0. The number of rotatable bonds is 4. The Morgan fingerprint density at radius 3 is 1.89 bits per heavy atom. The number of para-hydroxylation sites is 1. The molecule has 0 aliphatic rings. The van der Waals surface area contributed by atoms with Gasteiger partial charge in [0.15, 0.2) is 0 Å². The Bertz CT molecular complexity index is 1880. The van der Waals surface area contributed by atoms with Crippen LogP contribution in [0, 0.1) is 0 Å². The molecular weight excluding hydrogens is 448 g/mol. The first kappa shape index (κ1) is 21.5. The maximum Gasteiger partial charge on any atom is 0.0561 e. The lowest BCUT2D eigenvalue weighted by molar-refractivity contribution is 1.01. The van der Waals surface area contributed by atoms with Gasteiger partial charge in [-0.05, 0) is 70.4 Å². The Kier molecular flexibility index (Phi) is 5.04. The fourth-order valence-electron chi connectivity index (χ4n) is 5.57. The van der Waals surface area contributed by atoms with E-state index in [-0.39, 0.29) is 0 Å². The monoisotopic (exact) mass is 474 g/mol. The van der Waals surface area contributed by atoms with Crippen molar-refractivity contribution < 1.29 is 0 Å². The van der Waals surface area contributed by atoms with Gasteiger partial charge in [0.05, 0.1) is 11.2 Å². The second-order valence-electron chi connectivity index (χ2n) is 9.53. The molecule has 0 aliphatic carbocycles. The Labute approximate surface area is 216 Å². The second kappa shape index (κ2) is 8.69. The summed E-state index contributed by atoms with van der Waals surface area (Å²) >= 11 is 0. The smallest absolute Gasteiger partial charge is 0.0561 e. The van der Waals surface area contributed by atoms with Gasteiger partial charge in [0.2, 0.25) is 0 Å². The minimum absolute atomic E-state index is 1.14. The number of anilines is 3. The summed E-state index contributed by atoms with van der Waals surface area (Å²) in [5.41, 5.74) is 8.34. The molecule has 7 rings (SSSR count). The quantitative estimate of drug-likeness (QED) is 0.246. The van der Waals surface area contributed by atoms with Crippen LogP contribution in [0.3, 0.4) is 0 Å². The Balaban J connectivity index is 1.53. The molecule has 1 aromatic heterocycles. The van der Waals surface area contributed by atoms with Gasteiger partial charge in [-0.2, -0.15) is 0 Å². The van der Waals surface area contributed by atoms with Gasteiger partial charge in [-0.15, -0.1) is 0 Å². The zero-order valence-electron chi connectivity index (χ0n) is 20.7. The molecule has 0 aliphatic heterocycles. The minimum atomic E-state index is 1.14. The molecule has 7 aromatic rings. The fourth-order valence-corrected chi connectivity index (χ4v) is 5.57. The molecule has 0 saturated heterocycles. The summed E-state index contributed by atoms with van der Waals surface area (Å²) in [4.78, 5) is 2.39. The molecular formula is C35H26N2. The summed E-state index contributed by atoms with van der Waals surface area (Å²) in [5, 5.41) is 5.05. The SMILES string of the molecule is Cn1c2cc3ccccc3cc2c2c(N(c3ccccc3)c3cccc(-c4ccccc4)c3)cccc21. The van der Waals surface area contributed by atoms with Crippen LogP contribution in [-0.4, -0.2) is 4.57 Å². The van der Waals surface area contributed by atoms with Crippen molar-refractivity contribution in [2.45, 2.75) is 0 Å². The average molecular weight is 475 g/mol. The van der Waals surface area contributed by atoms with Crippen LogP contribution in [-0.2, 0) is 7.05 Å². The summed E-state index contributed by atoms with van der Waals surface area (Å²) in [6, 6.07) is 50.1. The van der Waals surface area contributed by atoms with Gasteiger partial charge in [0.1, 0.15) is 0 Å². The molecule has 0 unspecified atom stereocenters. The number of aryl methyl sites for hydroxylation is 1. The predicted octanol–water partition coefficient (Wildman–Crippen LogP) is 9.62. The number of aromatic nitrogens is 1. The van der Waals surface area contributed by atoms with E-state index in [0.29, 0.717) is 0 Å². The van der Waals surface area contributed by atoms with Crippen LogP contribution in [0.2, 0.25) is 0 Å². The number of nitrogens with zero attached hydrogens (tertiary/aromatic N) is 2. The van der Waals surface area contributed by atoms with Gasteiger partial charge in [-0.3, -0.25) is 0 Å². The largest absolute Gasteiger partial charge is 0.344 e. The Hall–Kier alpha value is -4.82. The Morgan fingerprint density at radius 2 is 1.11 bits per heavy atom. The third-order valence-corrected chi connectivity index (χ3v) is 7.34. The molecule has 2 nitrogen and oxygen atoms in total. The van der Waals surface area contributed by atoms with Gasteiger partial charge in [-0.25, -0.2) is 0 Å². The highest BCUT2D eigenvalue weighted by Gasteiger charge is 2.20. The zero-order chi connectivity index (χ0) is 24.8. The van der Waals surface area contributed by atoms with Crippen molar-refractivity contribution in [3.63, 3.8) is 0 Å². The molecule has 0 fully saturated rings. The van der Waals surface area contributed by atoms with Crippen LogP contribution in [0.1, 0.15) is 0 Å². The van der Waals surface area contributed by atoms with Crippen molar-refractivity contribution in [3.05, 3.63) is 140 Å². The van der Waals surface area contributed by atoms with E-state index in [4.69, 9.17) is 0 Å². The highest BCUT2D eigenvalue weighted by molar-refractivity contribution is 6.18. The molecule has 0 amide bonds. The molecule has 0 atom stereocenters. The van der Waals surface area contributed by atoms with Crippen molar-refractivity contribution in [1.82, 2.24) is 4.57 Å². The van der Waals surface area contributed by atoms with Gasteiger partial charge in [0, 0.05) is 34.7 Å². The average Bonchev–Trinajstić information content (AvgIpc) is 3.24. The highest BCUT2D eigenvalue weighted by Crippen LogP contribution is 2.43. The maximum absolute atomic E-state index is 2.39. The summed E-state index contributed by atoms with van der Waals surface area (Å²) in [6.07, 6.45) is 0. The lowest BCUT2D eigenvalue weighted by atomic mass is 10.0. The number of hydrogen-bond acceptors (Lipinski definition) is 1. The number of benzene rings is 6. The third kappa shape index (κ3) is 3.57. The minimum Gasteiger partial charge on any atom is -0.344 e. The molecule has 0 N–H and O–H groups in total. The molecule has 1 heterocycles. The molecule has 0 saturated carbocycles. The van der Waals surface area contributed by atoms with E-state index in [0.717, 1.165) is 11.4 Å². The van der Waals surface area contributed by atoms with Crippen LogP contribution in [0.25, 0.3) is 43.7 Å². The van der Waals surface area contributed by atoms with E-state index in [2.05, 4.69) is 156 Å².